The maximum Gasteiger partial charge on any atom is 0.416 e. The maximum absolute atomic E-state index is 12.3. The molecule has 0 saturated carbocycles. The van der Waals surface area contributed by atoms with Crippen LogP contribution in [-0.2, 0) is 10.3 Å². The van der Waals surface area contributed by atoms with Gasteiger partial charge < -0.3 is 4.74 Å². The van der Waals surface area contributed by atoms with Crippen LogP contribution >= 0.6 is 11.6 Å². The molecule has 21 heavy (non-hydrogen) atoms. The number of benzene rings is 1. The predicted molar refractivity (Wildman–Crippen MR) is 79.3 cm³/mol. The van der Waals surface area contributed by atoms with E-state index < -0.39 is 11.7 Å². The van der Waals surface area contributed by atoms with Crippen molar-refractivity contribution in [1.82, 2.24) is 9.97 Å². The summed E-state index contributed by atoms with van der Waals surface area (Å²) in [4.78, 5) is 21.6. The number of halogens is 1. The molecule has 1 amide bonds. The largest absolute Gasteiger partial charge is 0.438 e. The van der Waals surface area contributed by atoms with Crippen molar-refractivity contribution in [3.8, 4) is 0 Å². The Morgan fingerprint density at radius 1 is 1.29 bits per heavy atom. The molecule has 1 unspecified atom stereocenters. The fourth-order valence-corrected chi connectivity index (χ4v) is 2.54. The van der Waals surface area contributed by atoms with E-state index in [1.807, 2.05) is 37.3 Å². The van der Waals surface area contributed by atoms with E-state index in [9.17, 15) is 4.79 Å². The Balaban J connectivity index is 1.83. The Morgan fingerprint density at radius 3 is 2.71 bits per heavy atom. The smallest absolute Gasteiger partial charge is 0.416 e. The zero-order valence-corrected chi connectivity index (χ0v) is 12.2. The van der Waals surface area contributed by atoms with Crippen LogP contribution in [0.1, 0.15) is 18.9 Å². The van der Waals surface area contributed by atoms with Crippen LogP contribution in [-0.4, -0.2) is 22.6 Å². The molecule has 0 spiro atoms. The van der Waals surface area contributed by atoms with Crippen LogP contribution in [0.25, 0.3) is 0 Å². The lowest BCUT2D eigenvalue weighted by Gasteiger charge is -2.38. The SMILES string of the molecule is CC1(c2ccccc2)CCN(c2ccnc(Cl)n2)C(=O)O1. The van der Waals surface area contributed by atoms with Gasteiger partial charge in [0.25, 0.3) is 0 Å². The van der Waals surface area contributed by atoms with Crippen molar-refractivity contribution in [3.05, 3.63) is 53.4 Å². The Kier molecular flexibility index (Phi) is 3.51. The van der Waals surface area contributed by atoms with E-state index in [1.54, 1.807) is 6.07 Å². The zero-order valence-electron chi connectivity index (χ0n) is 11.5. The van der Waals surface area contributed by atoms with E-state index in [0.29, 0.717) is 18.8 Å². The third-order valence-corrected chi connectivity index (χ3v) is 3.80. The fraction of sp³-hybridized carbons (Fsp3) is 0.267. The number of carbonyl (C=O) groups excluding carboxylic acids is 1. The second-order valence-electron chi connectivity index (χ2n) is 5.05. The number of cyclic esters (lactones) is 1. The Labute approximate surface area is 127 Å². The van der Waals surface area contributed by atoms with Crippen LogP contribution in [0.5, 0.6) is 0 Å². The molecule has 1 aromatic heterocycles. The van der Waals surface area contributed by atoms with Gasteiger partial charge in [-0.2, -0.15) is 0 Å². The standard InChI is InChI=1S/C15H14ClN3O2/c1-15(11-5-3-2-4-6-11)8-10-19(14(20)21-15)12-7-9-17-13(16)18-12/h2-7,9H,8,10H2,1H3. The quantitative estimate of drug-likeness (QED) is 0.798. The molecule has 108 valence electrons. The Morgan fingerprint density at radius 2 is 2.05 bits per heavy atom. The number of hydrogen-bond acceptors (Lipinski definition) is 4. The van der Waals surface area contributed by atoms with Crippen molar-refractivity contribution < 1.29 is 9.53 Å². The second kappa shape index (κ2) is 5.33. The summed E-state index contributed by atoms with van der Waals surface area (Å²) < 4.78 is 5.65. The molecule has 0 radical (unpaired) electrons. The topological polar surface area (TPSA) is 55.3 Å². The molecule has 1 aliphatic heterocycles. The summed E-state index contributed by atoms with van der Waals surface area (Å²) in [6.45, 7) is 2.43. The summed E-state index contributed by atoms with van der Waals surface area (Å²) in [5.41, 5.74) is 0.366. The van der Waals surface area contributed by atoms with Crippen molar-refractivity contribution in [2.75, 3.05) is 11.4 Å². The molecule has 1 atom stereocenters. The van der Waals surface area contributed by atoms with Gasteiger partial charge >= 0.3 is 6.09 Å². The van der Waals surface area contributed by atoms with Crippen LogP contribution in [0.4, 0.5) is 10.6 Å². The normalized spacial score (nSPS) is 22.0. The number of carbonyl (C=O) groups is 1. The lowest BCUT2D eigenvalue weighted by Crippen LogP contribution is -2.47. The molecule has 2 heterocycles. The molecule has 3 rings (SSSR count). The number of rotatable bonds is 2. The number of hydrogen-bond donors (Lipinski definition) is 0. The highest BCUT2D eigenvalue weighted by atomic mass is 35.5. The molecule has 1 aromatic carbocycles. The van der Waals surface area contributed by atoms with Gasteiger partial charge in [-0.25, -0.2) is 14.8 Å². The van der Waals surface area contributed by atoms with Crippen molar-refractivity contribution >= 4 is 23.5 Å². The first-order valence-corrected chi connectivity index (χ1v) is 7.01. The number of ether oxygens (including phenoxy) is 1. The van der Waals surface area contributed by atoms with Gasteiger partial charge in [-0.05, 0) is 30.2 Å². The molecule has 2 aromatic rings. The predicted octanol–water partition coefficient (Wildman–Crippen LogP) is 3.39. The van der Waals surface area contributed by atoms with Crippen LogP contribution in [0, 0.1) is 0 Å². The molecule has 1 fully saturated rings. The summed E-state index contributed by atoms with van der Waals surface area (Å²) in [6, 6.07) is 11.4. The van der Waals surface area contributed by atoms with Gasteiger partial charge in [0.15, 0.2) is 0 Å². The average molecular weight is 304 g/mol. The first-order valence-electron chi connectivity index (χ1n) is 6.63. The van der Waals surface area contributed by atoms with Crippen LogP contribution < -0.4 is 4.90 Å². The third-order valence-electron chi connectivity index (χ3n) is 3.62. The maximum atomic E-state index is 12.3. The van der Waals surface area contributed by atoms with Gasteiger partial charge in [0, 0.05) is 19.2 Å². The van der Waals surface area contributed by atoms with E-state index in [1.165, 1.54) is 11.1 Å². The van der Waals surface area contributed by atoms with Crippen LogP contribution in [0.2, 0.25) is 5.28 Å². The molecule has 1 aliphatic rings. The minimum absolute atomic E-state index is 0.108. The van der Waals surface area contributed by atoms with E-state index in [0.717, 1.165) is 5.56 Å². The van der Waals surface area contributed by atoms with E-state index in [4.69, 9.17) is 16.3 Å². The zero-order chi connectivity index (χ0) is 14.9. The third kappa shape index (κ3) is 2.69. The summed E-state index contributed by atoms with van der Waals surface area (Å²) in [5, 5.41) is 0.108. The van der Waals surface area contributed by atoms with Crippen molar-refractivity contribution in [2.24, 2.45) is 0 Å². The molecule has 5 nitrogen and oxygen atoms in total. The van der Waals surface area contributed by atoms with Gasteiger partial charge in [-0.1, -0.05) is 30.3 Å². The highest BCUT2D eigenvalue weighted by molar-refractivity contribution is 6.28. The van der Waals surface area contributed by atoms with Crippen molar-refractivity contribution in [3.63, 3.8) is 0 Å². The van der Waals surface area contributed by atoms with Gasteiger partial charge in [0.2, 0.25) is 5.28 Å². The lowest BCUT2D eigenvalue weighted by molar-refractivity contribution is 0.00564. The van der Waals surface area contributed by atoms with E-state index >= 15 is 0 Å². The first kappa shape index (κ1) is 13.8. The average Bonchev–Trinajstić information content (AvgIpc) is 2.48. The molecule has 6 heteroatoms. The van der Waals surface area contributed by atoms with Crippen LogP contribution in [0.3, 0.4) is 0 Å². The van der Waals surface area contributed by atoms with Gasteiger partial charge in [-0.15, -0.1) is 0 Å². The second-order valence-corrected chi connectivity index (χ2v) is 5.39. The number of anilines is 1. The Bertz CT molecular complexity index is 665. The van der Waals surface area contributed by atoms with E-state index in [2.05, 4.69) is 9.97 Å². The summed E-state index contributed by atoms with van der Waals surface area (Å²) >= 11 is 5.76. The van der Waals surface area contributed by atoms with Gasteiger partial charge in [-0.3, -0.25) is 4.90 Å². The molecule has 1 saturated heterocycles. The minimum Gasteiger partial charge on any atom is -0.438 e. The molecule has 0 aliphatic carbocycles. The summed E-state index contributed by atoms with van der Waals surface area (Å²) in [5.74, 6) is 0.454. The molecule has 0 N–H and O–H groups in total. The van der Waals surface area contributed by atoms with Gasteiger partial charge in [0.05, 0.1) is 0 Å². The molecule has 0 bridgehead atoms. The minimum atomic E-state index is -0.619. The fourth-order valence-electron chi connectivity index (χ4n) is 2.39. The van der Waals surface area contributed by atoms with Crippen LogP contribution in [0.15, 0.2) is 42.6 Å². The molecular weight excluding hydrogens is 290 g/mol. The Hall–Kier alpha value is -2.14. The number of nitrogens with zero attached hydrogens (tertiary/aromatic N) is 3. The lowest BCUT2D eigenvalue weighted by atomic mass is 9.91. The number of amides is 1. The first-order chi connectivity index (χ1) is 10.1. The van der Waals surface area contributed by atoms with E-state index in [-0.39, 0.29) is 5.28 Å². The highest BCUT2D eigenvalue weighted by Gasteiger charge is 2.39. The molecular formula is C15H14ClN3O2. The van der Waals surface area contributed by atoms with Gasteiger partial charge in [0.1, 0.15) is 11.4 Å². The number of aromatic nitrogens is 2. The monoisotopic (exact) mass is 303 g/mol. The highest BCUT2D eigenvalue weighted by Crippen LogP contribution is 2.34. The van der Waals surface area contributed by atoms with Crippen molar-refractivity contribution in [2.45, 2.75) is 18.9 Å². The summed E-state index contributed by atoms with van der Waals surface area (Å²) in [6.07, 6.45) is 1.76. The summed E-state index contributed by atoms with van der Waals surface area (Å²) in [7, 11) is 0. The van der Waals surface area contributed by atoms with Crippen molar-refractivity contribution in [1.29, 1.82) is 0 Å².